The van der Waals surface area contributed by atoms with Crippen molar-refractivity contribution in [2.24, 2.45) is 0 Å². The van der Waals surface area contributed by atoms with Crippen molar-refractivity contribution in [2.75, 3.05) is 12.4 Å². The summed E-state index contributed by atoms with van der Waals surface area (Å²) in [6.45, 7) is 6.09. The third-order valence-corrected chi connectivity index (χ3v) is 4.51. The molecule has 0 saturated heterocycles. The van der Waals surface area contributed by atoms with Crippen LogP contribution in [0, 0.1) is 0 Å². The molecule has 9 heteroatoms. The van der Waals surface area contributed by atoms with Gasteiger partial charge in [0, 0.05) is 17.7 Å². The summed E-state index contributed by atoms with van der Waals surface area (Å²) in [6, 6.07) is 3.99. The maximum Gasteiger partial charge on any atom is 0.573 e. The van der Waals surface area contributed by atoms with Gasteiger partial charge in [0.15, 0.2) is 5.15 Å². The van der Waals surface area contributed by atoms with Crippen molar-refractivity contribution in [3.05, 3.63) is 29.0 Å². The summed E-state index contributed by atoms with van der Waals surface area (Å²) >= 11 is 6.36. The zero-order valence-corrected chi connectivity index (χ0v) is 16.9. The number of aromatic nitrogens is 2. The first kappa shape index (κ1) is 22.1. The van der Waals surface area contributed by atoms with E-state index in [-0.39, 0.29) is 22.7 Å². The highest BCUT2D eigenvalue weighted by atomic mass is 35.5. The number of aryl methyl sites for hydroxylation is 1. The molecule has 1 aromatic heterocycles. The number of nitrogens with zero attached hydrogens (tertiary/aromatic N) is 2. The summed E-state index contributed by atoms with van der Waals surface area (Å²) in [5.41, 5.74) is 1.48. The molecule has 0 fully saturated rings. The molecule has 0 saturated carbocycles. The van der Waals surface area contributed by atoms with Gasteiger partial charge in [-0.25, -0.2) is 9.97 Å². The Morgan fingerprint density at radius 1 is 1.14 bits per heavy atom. The van der Waals surface area contributed by atoms with E-state index in [4.69, 9.17) is 16.3 Å². The molecule has 0 spiro atoms. The summed E-state index contributed by atoms with van der Waals surface area (Å²) in [4.78, 5) is 9.03. The van der Waals surface area contributed by atoms with Crippen LogP contribution in [0.2, 0.25) is 5.15 Å². The van der Waals surface area contributed by atoms with Gasteiger partial charge >= 0.3 is 6.36 Å². The van der Waals surface area contributed by atoms with Crippen LogP contribution in [-0.4, -0.2) is 29.5 Å². The van der Waals surface area contributed by atoms with Crippen LogP contribution in [-0.2, 0) is 6.42 Å². The van der Waals surface area contributed by atoms with Crippen LogP contribution in [0.3, 0.4) is 0 Å². The predicted molar refractivity (Wildman–Crippen MR) is 103 cm³/mol. The van der Waals surface area contributed by atoms with Gasteiger partial charge < -0.3 is 14.8 Å². The van der Waals surface area contributed by atoms with Gasteiger partial charge in [0.2, 0.25) is 0 Å². The minimum absolute atomic E-state index is 0.133. The normalized spacial score (nSPS) is 11.6. The van der Waals surface area contributed by atoms with Gasteiger partial charge in [-0.15, -0.1) is 13.2 Å². The molecule has 1 aromatic carbocycles. The number of rotatable bonds is 8. The minimum Gasteiger partial charge on any atom is -0.496 e. The largest absolute Gasteiger partial charge is 0.573 e. The fraction of sp³-hybridized carbons (Fsp3) is 0.474. The highest BCUT2D eigenvalue weighted by molar-refractivity contribution is 6.32. The van der Waals surface area contributed by atoms with Crippen LogP contribution in [0.15, 0.2) is 18.2 Å². The zero-order chi connectivity index (χ0) is 20.9. The van der Waals surface area contributed by atoms with Crippen LogP contribution in [0.1, 0.15) is 39.3 Å². The van der Waals surface area contributed by atoms with E-state index < -0.39 is 6.36 Å². The molecule has 2 aromatic rings. The summed E-state index contributed by atoms with van der Waals surface area (Å²) in [6.07, 6.45) is -2.33. The molecule has 0 amide bonds. The summed E-state index contributed by atoms with van der Waals surface area (Å²) < 4.78 is 46.5. The number of ether oxygens (including phenoxy) is 2. The van der Waals surface area contributed by atoms with Gasteiger partial charge in [-0.05, 0) is 31.4 Å². The van der Waals surface area contributed by atoms with Gasteiger partial charge in [0.05, 0.1) is 12.8 Å². The lowest BCUT2D eigenvalue weighted by molar-refractivity contribution is -0.274. The van der Waals surface area contributed by atoms with Gasteiger partial charge in [-0.3, -0.25) is 0 Å². The van der Waals surface area contributed by atoms with E-state index in [2.05, 4.69) is 33.9 Å². The molecule has 28 heavy (non-hydrogen) atoms. The van der Waals surface area contributed by atoms with Gasteiger partial charge in [0.1, 0.15) is 23.0 Å². The van der Waals surface area contributed by atoms with Crippen molar-refractivity contribution >= 4 is 17.4 Å². The van der Waals surface area contributed by atoms with Crippen LogP contribution < -0.4 is 14.8 Å². The number of nitrogens with one attached hydrogen (secondary N) is 1. The van der Waals surface area contributed by atoms with E-state index in [1.807, 2.05) is 6.92 Å². The van der Waals surface area contributed by atoms with Crippen LogP contribution in [0.5, 0.6) is 11.5 Å². The average Bonchev–Trinajstić information content (AvgIpc) is 2.65. The first-order valence-corrected chi connectivity index (χ1v) is 9.37. The Labute approximate surface area is 167 Å². The lowest BCUT2D eigenvalue weighted by Crippen LogP contribution is -2.20. The van der Waals surface area contributed by atoms with E-state index in [0.29, 0.717) is 29.2 Å². The number of hydrogen-bond acceptors (Lipinski definition) is 5. The van der Waals surface area contributed by atoms with Crippen LogP contribution >= 0.6 is 11.6 Å². The number of hydrogen-bond donors (Lipinski definition) is 1. The summed E-state index contributed by atoms with van der Waals surface area (Å²) in [7, 11) is 1.35. The molecule has 1 N–H and O–H groups in total. The molecular weight excluding hydrogens is 395 g/mol. The van der Waals surface area contributed by atoms with Crippen molar-refractivity contribution in [1.82, 2.24) is 9.97 Å². The lowest BCUT2D eigenvalue weighted by atomic mass is 10.1. The SMILES string of the molecule is CCc1nc(-c2ccc(OC(F)(F)F)cc2OC)c(Cl)nc1NC(CC)CC. The van der Waals surface area contributed by atoms with Gasteiger partial charge in [-0.1, -0.05) is 32.4 Å². The van der Waals surface area contributed by atoms with Gasteiger partial charge in [0.25, 0.3) is 0 Å². The lowest BCUT2D eigenvalue weighted by Gasteiger charge is -2.19. The van der Waals surface area contributed by atoms with Gasteiger partial charge in [-0.2, -0.15) is 0 Å². The molecule has 0 bridgehead atoms. The van der Waals surface area contributed by atoms with Crippen molar-refractivity contribution in [2.45, 2.75) is 52.4 Å². The first-order valence-electron chi connectivity index (χ1n) is 8.99. The molecule has 0 atom stereocenters. The first-order chi connectivity index (χ1) is 13.2. The molecular formula is C19H23ClF3N3O2. The van der Waals surface area contributed by atoms with E-state index in [1.165, 1.54) is 19.2 Å². The Balaban J connectivity index is 2.47. The Bertz CT molecular complexity index is 812. The maximum atomic E-state index is 12.5. The van der Waals surface area contributed by atoms with Crippen LogP contribution in [0.25, 0.3) is 11.3 Å². The second-order valence-electron chi connectivity index (χ2n) is 6.08. The Hall–Kier alpha value is -2.22. The molecule has 0 unspecified atom stereocenters. The van der Waals surface area contributed by atoms with Crippen molar-refractivity contribution in [3.8, 4) is 22.8 Å². The number of alkyl halides is 3. The maximum absolute atomic E-state index is 12.5. The van der Waals surface area contributed by atoms with Crippen LogP contribution in [0.4, 0.5) is 19.0 Å². The molecule has 1 heterocycles. The van der Waals surface area contributed by atoms with Crippen molar-refractivity contribution in [3.63, 3.8) is 0 Å². The monoisotopic (exact) mass is 417 g/mol. The molecule has 0 aliphatic carbocycles. The van der Waals surface area contributed by atoms with Crippen molar-refractivity contribution in [1.29, 1.82) is 0 Å². The quantitative estimate of drug-likeness (QED) is 0.582. The standard InChI is InChI=1S/C19H23ClF3N3O2/c1-5-11(6-2)24-18-14(7-3)25-16(17(20)26-18)13-9-8-12(10-15(13)27-4)28-19(21,22)23/h8-11H,5-7H2,1-4H3,(H,24,26). The Kier molecular flexibility index (Phi) is 7.35. The highest BCUT2D eigenvalue weighted by Crippen LogP contribution is 2.37. The summed E-state index contributed by atoms with van der Waals surface area (Å²) in [5.74, 6) is 0.376. The Morgan fingerprint density at radius 3 is 2.36 bits per heavy atom. The fourth-order valence-electron chi connectivity index (χ4n) is 2.73. The van der Waals surface area contributed by atoms with E-state index in [9.17, 15) is 13.2 Å². The average molecular weight is 418 g/mol. The third-order valence-electron chi connectivity index (χ3n) is 4.25. The number of benzene rings is 1. The molecule has 0 aliphatic heterocycles. The molecule has 0 aliphatic rings. The number of anilines is 1. The smallest absolute Gasteiger partial charge is 0.496 e. The number of halogens is 4. The zero-order valence-electron chi connectivity index (χ0n) is 16.2. The molecule has 5 nitrogen and oxygen atoms in total. The predicted octanol–water partition coefficient (Wildman–Crippen LogP) is 5.87. The third kappa shape index (κ3) is 5.41. The molecule has 154 valence electrons. The Morgan fingerprint density at radius 2 is 1.82 bits per heavy atom. The van der Waals surface area contributed by atoms with Crippen molar-refractivity contribution < 1.29 is 22.6 Å². The number of methoxy groups -OCH3 is 1. The molecule has 2 rings (SSSR count). The second-order valence-corrected chi connectivity index (χ2v) is 6.44. The fourth-order valence-corrected chi connectivity index (χ4v) is 2.96. The van der Waals surface area contributed by atoms with E-state index in [0.717, 1.165) is 18.9 Å². The van der Waals surface area contributed by atoms with E-state index >= 15 is 0 Å². The molecule has 0 radical (unpaired) electrons. The minimum atomic E-state index is -4.79. The topological polar surface area (TPSA) is 56.3 Å². The highest BCUT2D eigenvalue weighted by Gasteiger charge is 2.31. The summed E-state index contributed by atoms with van der Waals surface area (Å²) in [5, 5.41) is 3.48. The second kappa shape index (κ2) is 9.32. The van der Waals surface area contributed by atoms with E-state index in [1.54, 1.807) is 0 Å².